The van der Waals surface area contributed by atoms with Gasteiger partial charge in [0.05, 0.1) is 23.7 Å². The van der Waals surface area contributed by atoms with Gasteiger partial charge in [-0.25, -0.2) is 13.2 Å². The Bertz CT molecular complexity index is 595. The first kappa shape index (κ1) is 16.6. The molecular formula is C13H19NO5S. The van der Waals surface area contributed by atoms with Crippen LogP contribution in [0.5, 0.6) is 0 Å². The van der Waals surface area contributed by atoms with Gasteiger partial charge in [-0.3, -0.25) is 0 Å². The lowest BCUT2D eigenvalue weighted by molar-refractivity contribution is 0.0600. The van der Waals surface area contributed by atoms with Crippen molar-refractivity contribution in [3.05, 3.63) is 29.3 Å². The predicted molar refractivity (Wildman–Crippen MR) is 74.0 cm³/mol. The molecule has 1 N–H and O–H groups in total. The molecule has 0 aliphatic carbocycles. The average Bonchev–Trinajstić information content (AvgIpc) is 2.37. The fraction of sp³-hybridized carbons (Fsp3) is 0.462. The van der Waals surface area contributed by atoms with Crippen LogP contribution in [0.1, 0.15) is 22.8 Å². The molecule has 0 heterocycles. The van der Waals surface area contributed by atoms with Crippen molar-refractivity contribution >= 4 is 16.0 Å². The van der Waals surface area contributed by atoms with E-state index in [0.717, 1.165) is 4.31 Å². The lowest BCUT2D eigenvalue weighted by atomic mass is 10.1. The van der Waals surface area contributed by atoms with Gasteiger partial charge in [0.1, 0.15) is 0 Å². The highest BCUT2D eigenvalue weighted by atomic mass is 32.2. The summed E-state index contributed by atoms with van der Waals surface area (Å²) in [7, 11) is -1.15. The summed E-state index contributed by atoms with van der Waals surface area (Å²) in [5, 5.41) is 9.30. The zero-order valence-electron chi connectivity index (χ0n) is 12.0. The zero-order valence-corrected chi connectivity index (χ0v) is 12.8. The second kappa shape index (κ2) is 6.34. The first-order valence-corrected chi connectivity index (χ1v) is 7.47. The van der Waals surface area contributed by atoms with Crippen molar-refractivity contribution in [3.63, 3.8) is 0 Å². The zero-order chi connectivity index (χ0) is 15.5. The number of aryl methyl sites for hydroxylation is 1. The van der Waals surface area contributed by atoms with Gasteiger partial charge in [-0.15, -0.1) is 0 Å². The molecule has 1 unspecified atom stereocenters. The fourth-order valence-electron chi connectivity index (χ4n) is 1.76. The molecule has 0 fully saturated rings. The summed E-state index contributed by atoms with van der Waals surface area (Å²) < 4.78 is 30.5. The van der Waals surface area contributed by atoms with Crippen LogP contribution < -0.4 is 0 Å². The molecule has 1 aromatic rings. The van der Waals surface area contributed by atoms with E-state index in [1.54, 1.807) is 13.0 Å². The van der Waals surface area contributed by atoms with Gasteiger partial charge in [-0.2, -0.15) is 4.31 Å². The lowest BCUT2D eigenvalue weighted by Gasteiger charge is -2.20. The summed E-state index contributed by atoms with van der Waals surface area (Å²) in [6, 6.07) is 4.35. The Morgan fingerprint density at radius 1 is 1.45 bits per heavy atom. The van der Waals surface area contributed by atoms with Crippen LogP contribution in [0, 0.1) is 6.92 Å². The van der Waals surface area contributed by atoms with Crippen molar-refractivity contribution in [2.24, 2.45) is 0 Å². The van der Waals surface area contributed by atoms with E-state index in [-0.39, 0.29) is 17.0 Å². The predicted octanol–water partition coefficient (Wildman–Crippen LogP) is 0.783. The van der Waals surface area contributed by atoms with Crippen LogP contribution in [0.3, 0.4) is 0 Å². The maximum atomic E-state index is 12.4. The molecule has 0 spiro atoms. The molecule has 0 saturated carbocycles. The van der Waals surface area contributed by atoms with Crippen LogP contribution in [0.4, 0.5) is 0 Å². The largest absolute Gasteiger partial charge is 0.465 e. The van der Waals surface area contributed by atoms with E-state index in [9.17, 15) is 18.3 Å². The molecule has 6 nitrogen and oxygen atoms in total. The minimum Gasteiger partial charge on any atom is -0.465 e. The molecule has 0 amide bonds. The summed E-state index contributed by atoms with van der Waals surface area (Å²) in [6.07, 6.45) is -0.779. The Morgan fingerprint density at radius 3 is 2.55 bits per heavy atom. The number of rotatable bonds is 5. The van der Waals surface area contributed by atoms with Crippen LogP contribution in [0.2, 0.25) is 0 Å². The number of carbonyl (C=O) groups excluding carboxylic acids is 1. The number of hydrogen-bond donors (Lipinski definition) is 1. The normalized spacial score (nSPS) is 13.3. The quantitative estimate of drug-likeness (QED) is 0.813. The van der Waals surface area contributed by atoms with Crippen LogP contribution in [0.25, 0.3) is 0 Å². The summed E-state index contributed by atoms with van der Waals surface area (Å²) >= 11 is 0. The smallest absolute Gasteiger partial charge is 0.337 e. The maximum Gasteiger partial charge on any atom is 0.337 e. The van der Waals surface area contributed by atoms with Crippen LogP contribution in [-0.4, -0.2) is 50.6 Å². The summed E-state index contributed by atoms with van der Waals surface area (Å²) in [4.78, 5) is 11.5. The Labute approximate surface area is 119 Å². The van der Waals surface area contributed by atoms with E-state index in [2.05, 4.69) is 4.74 Å². The number of benzene rings is 1. The third-order valence-corrected chi connectivity index (χ3v) is 4.78. The molecule has 1 rings (SSSR count). The second-order valence-electron chi connectivity index (χ2n) is 4.61. The first-order valence-electron chi connectivity index (χ1n) is 6.03. The number of aliphatic hydroxyl groups excluding tert-OH is 1. The molecule has 112 valence electrons. The average molecular weight is 301 g/mol. The summed E-state index contributed by atoms with van der Waals surface area (Å²) in [6.45, 7) is 3.12. The molecule has 1 aromatic carbocycles. The van der Waals surface area contributed by atoms with E-state index < -0.39 is 22.1 Å². The van der Waals surface area contributed by atoms with Crippen molar-refractivity contribution in [1.82, 2.24) is 4.31 Å². The highest BCUT2D eigenvalue weighted by Crippen LogP contribution is 2.21. The first-order chi connectivity index (χ1) is 9.20. The number of hydrogen-bond acceptors (Lipinski definition) is 5. The van der Waals surface area contributed by atoms with Crippen molar-refractivity contribution in [3.8, 4) is 0 Å². The highest BCUT2D eigenvalue weighted by molar-refractivity contribution is 7.89. The molecule has 7 heteroatoms. The number of aliphatic hydroxyl groups is 1. The van der Waals surface area contributed by atoms with Crippen molar-refractivity contribution in [2.45, 2.75) is 24.8 Å². The Kier molecular flexibility index (Phi) is 5.27. The van der Waals surface area contributed by atoms with Crippen molar-refractivity contribution in [2.75, 3.05) is 20.7 Å². The van der Waals surface area contributed by atoms with Gasteiger partial charge in [-0.1, -0.05) is 6.07 Å². The van der Waals surface area contributed by atoms with Crippen LogP contribution >= 0.6 is 0 Å². The molecule has 0 aromatic heterocycles. The van der Waals surface area contributed by atoms with E-state index >= 15 is 0 Å². The minimum absolute atomic E-state index is 0.0236. The van der Waals surface area contributed by atoms with Crippen LogP contribution in [-0.2, 0) is 14.8 Å². The molecule has 1 atom stereocenters. The van der Waals surface area contributed by atoms with Crippen molar-refractivity contribution < 1.29 is 23.1 Å². The van der Waals surface area contributed by atoms with Gasteiger partial charge in [0.15, 0.2) is 0 Å². The number of sulfonamides is 1. The monoisotopic (exact) mass is 301 g/mol. The molecule has 0 aliphatic heterocycles. The van der Waals surface area contributed by atoms with E-state index in [1.807, 2.05) is 0 Å². The number of methoxy groups -OCH3 is 1. The molecule has 20 heavy (non-hydrogen) atoms. The molecule has 0 saturated heterocycles. The van der Waals surface area contributed by atoms with Gasteiger partial charge in [0.2, 0.25) is 10.0 Å². The fourth-order valence-corrected chi connectivity index (χ4v) is 3.26. The topological polar surface area (TPSA) is 83.9 Å². The minimum atomic E-state index is -3.76. The standard InChI is InChI=1S/C13H19NO5S/c1-9-5-6-11(13(16)19-4)7-12(9)20(17,18)14(3)8-10(2)15/h5-7,10,15H,8H2,1-4H3. The maximum absolute atomic E-state index is 12.4. The van der Waals surface area contributed by atoms with Gasteiger partial charge in [0, 0.05) is 13.6 Å². The number of likely N-dealkylation sites (N-methyl/N-ethyl adjacent to an activating group) is 1. The van der Waals surface area contributed by atoms with E-state index in [0.29, 0.717) is 5.56 Å². The second-order valence-corrected chi connectivity index (χ2v) is 6.62. The SMILES string of the molecule is COC(=O)c1ccc(C)c(S(=O)(=O)N(C)CC(C)O)c1. The van der Waals surface area contributed by atoms with Gasteiger partial charge >= 0.3 is 5.97 Å². The van der Waals surface area contributed by atoms with E-state index in [4.69, 9.17) is 0 Å². The van der Waals surface area contributed by atoms with Gasteiger partial charge in [-0.05, 0) is 31.5 Å². The molecule has 0 bridgehead atoms. The molecule has 0 radical (unpaired) electrons. The summed E-state index contributed by atoms with van der Waals surface area (Å²) in [5.41, 5.74) is 0.692. The molecular weight excluding hydrogens is 282 g/mol. The Morgan fingerprint density at radius 2 is 2.05 bits per heavy atom. The number of ether oxygens (including phenoxy) is 1. The van der Waals surface area contributed by atoms with E-state index in [1.165, 1.54) is 33.2 Å². The molecule has 0 aliphatic rings. The Hall–Kier alpha value is -1.44. The lowest BCUT2D eigenvalue weighted by Crippen LogP contribution is -2.33. The third kappa shape index (κ3) is 3.56. The van der Waals surface area contributed by atoms with Gasteiger partial charge < -0.3 is 9.84 Å². The highest BCUT2D eigenvalue weighted by Gasteiger charge is 2.25. The number of esters is 1. The Balaban J connectivity index is 3.27. The number of nitrogens with zero attached hydrogens (tertiary/aromatic N) is 1. The van der Waals surface area contributed by atoms with Crippen LogP contribution in [0.15, 0.2) is 23.1 Å². The number of carbonyl (C=O) groups is 1. The van der Waals surface area contributed by atoms with Crippen molar-refractivity contribution in [1.29, 1.82) is 0 Å². The third-order valence-electron chi connectivity index (χ3n) is 2.82. The summed E-state index contributed by atoms with van der Waals surface area (Å²) in [5.74, 6) is -0.598. The van der Waals surface area contributed by atoms with Gasteiger partial charge in [0.25, 0.3) is 0 Å².